The molecule has 2 N–H and O–H groups in total. The third-order valence-electron chi connectivity index (χ3n) is 2.90. The molecule has 0 saturated heterocycles. The highest BCUT2D eigenvalue weighted by Gasteiger charge is 2.11. The molecule has 3 nitrogen and oxygen atoms in total. The van der Waals surface area contributed by atoms with Gasteiger partial charge in [-0.25, -0.2) is 0 Å². The summed E-state index contributed by atoms with van der Waals surface area (Å²) in [6, 6.07) is 12.1. The van der Waals surface area contributed by atoms with Crippen molar-refractivity contribution in [3.8, 4) is 5.75 Å². The Balaban J connectivity index is 2.10. The van der Waals surface area contributed by atoms with Crippen molar-refractivity contribution in [2.45, 2.75) is 13.5 Å². The number of hydrogen-bond acceptors (Lipinski definition) is 2. The van der Waals surface area contributed by atoms with E-state index in [0.717, 1.165) is 11.1 Å². The zero-order valence-corrected chi connectivity index (χ0v) is 11.2. The molecule has 0 aliphatic heterocycles. The first kappa shape index (κ1) is 13.4. The van der Waals surface area contributed by atoms with E-state index in [1.807, 2.05) is 31.2 Å². The summed E-state index contributed by atoms with van der Waals surface area (Å²) in [5, 5.41) is 12.5. The Morgan fingerprint density at radius 3 is 2.74 bits per heavy atom. The second-order valence-electron chi connectivity index (χ2n) is 4.27. The predicted octanol–water partition coefficient (Wildman–Crippen LogP) is 3.28. The van der Waals surface area contributed by atoms with Crippen LogP contribution in [-0.4, -0.2) is 11.0 Å². The van der Waals surface area contributed by atoms with Crippen LogP contribution >= 0.6 is 11.6 Å². The molecule has 0 saturated carbocycles. The normalized spacial score (nSPS) is 10.2. The van der Waals surface area contributed by atoms with Gasteiger partial charge in [0.05, 0.1) is 10.6 Å². The summed E-state index contributed by atoms with van der Waals surface area (Å²) in [5.41, 5.74) is 2.44. The monoisotopic (exact) mass is 275 g/mol. The van der Waals surface area contributed by atoms with Gasteiger partial charge in [-0.2, -0.15) is 0 Å². The molecule has 2 rings (SSSR count). The second-order valence-corrected chi connectivity index (χ2v) is 4.68. The van der Waals surface area contributed by atoms with Crippen LogP contribution in [-0.2, 0) is 6.54 Å². The number of benzene rings is 2. The average molecular weight is 276 g/mol. The molecule has 0 heterocycles. The van der Waals surface area contributed by atoms with Crippen molar-refractivity contribution in [1.29, 1.82) is 0 Å². The van der Waals surface area contributed by atoms with Gasteiger partial charge in [0.25, 0.3) is 5.91 Å². The van der Waals surface area contributed by atoms with Crippen molar-refractivity contribution < 1.29 is 9.90 Å². The minimum absolute atomic E-state index is 0.0189. The standard InChI is InChI=1S/C15H14ClNO2/c1-10-4-2-3-5-11(10)9-17-15(19)13-8-12(18)6-7-14(13)16/h2-8,18H,9H2,1H3,(H,17,19). The fourth-order valence-electron chi connectivity index (χ4n) is 1.77. The van der Waals surface area contributed by atoms with Gasteiger partial charge in [-0.1, -0.05) is 35.9 Å². The third-order valence-corrected chi connectivity index (χ3v) is 3.22. The fourth-order valence-corrected chi connectivity index (χ4v) is 1.97. The molecule has 0 radical (unpaired) electrons. The maximum Gasteiger partial charge on any atom is 0.253 e. The summed E-state index contributed by atoms with van der Waals surface area (Å²) in [6.45, 7) is 2.42. The number of aryl methyl sites for hydroxylation is 1. The molecule has 0 atom stereocenters. The first-order valence-electron chi connectivity index (χ1n) is 5.89. The summed E-state index contributed by atoms with van der Waals surface area (Å²) in [4.78, 5) is 12.0. The smallest absolute Gasteiger partial charge is 0.253 e. The lowest BCUT2D eigenvalue weighted by molar-refractivity contribution is 0.0950. The first-order chi connectivity index (χ1) is 9.08. The van der Waals surface area contributed by atoms with Crippen LogP contribution in [0, 0.1) is 6.92 Å². The molecule has 1 amide bonds. The molecule has 0 aliphatic rings. The molecule has 4 heteroatoms. The van der Waals surface area contributed by atoms with Gasteiger partial charge in [0, 0.05) is 6.54 Å². The summed E-state index contributed by atoms with van der Waals surface area (Å²) < 4.78 is 0. The maximum atomic E-state index is 12.0. The molecule has 19 heavy (non-hydrogen) atoms. The van der Waals surface area contributed by atoms with Gasteiger partial charge in [0.15, 0.2) is 0 Å². The van der Waals surface area contributed by atoms with Crippen molar-refractivity contribution in [2.75, 3.05) is 0 Å². The van der Waals surface area contributed by atoms with E-state index < -0.39 is 0 Å². The second kappa shape index (κ2) is 5.76. The van der Waals surface area contributed by atoms with Crippen molar-refractivity contribution >= 4 is 17.5 Å². The Bertz CT molecular complexity index is 611. The molecular formula is C15H14ClNO2. The molecule has 2 aromatic carbocycles. The Hall–Kier alpha value is -2.00. The van der Waals surface area contributed by atoms with Crippen LogP contribution in [0.3, 0.4) is 0 Å². The van der Waals surface area contributed by atoms with Crippen LogP contribution in [0.15, 0.2) is 42.5 Å². The maximum absolute atomic E-state index is 12.0. The lowest BCUT2D eigenvalue weighted by atomic mass is 10.1. The number of rotatable bonds is 3. The number of nitrogens with one attached hydrogen (secondary N) is 1. The van der Waals surface area contributed by atoms with Gasteiger partial charge in [-0.3, -0.25) is 4.79 Å². The summed E-state index contributed by atoms with van der Waals surface area (Å²) in [6.07, 6.45) is 0. The molecule has 0 fully saturated rings. The lowest BCUT2D eigenvalue weighted by Gasteiger charge is -2.09. The van der Waals surface area contributed by atoms with Gasteiger partial charge in [-0.05, 0) is 36.2 Å². The third kappa shape index (κ3) is 3.26. The number of carbonyl (C=O) groups excluding carboxylic acids is 1. The molecule has 0 bridgehead atoms. The first-order valence-corrected chi connectivity index (χ1v) is 6.27. The zero-order chi connectivity index (χ0) is 13.8. The van der Waals surface area contributed by atoms with Gasteiger partial charge in [0.1, 0.15) is 5.75 Å². The van der Waals surface area contributed by atoms with E-state index in [-0.39, 0.29) is 17.2 Å². The number of phenolic OH excluding ortho intramolecular Hbond substituents is 1. The molecule has 2 aromatic rings. The van der Waals surface area contributed by atoms with Crippen LogP contribution in [0.5, 0.6) is 5.75 Å². The van der Waals surface area contributed by atoms with E-state index >= 15 is 0 Å². The SMILES string of the molecule is Cc1ccccc1CNC(=O)c1cc(O)ccc1Cl. The van der Waals surface area contributed by atoms with Gasteiger partial charge in [0.2, 0.25) is 0 Å². The fraction of sp³-hybridized carbons (Fsp3) is 0.133. The molecular weight excluding hydrogens is 262 g/mol. The molecule has 0 unspecified atom stereocenters. The van der Waals surface area contributed by atoms with Gasteiger partial charge >= 0.3 is 0 Å². The van der Waals surface area contributed by atoms with Crippen LogP contribution < -0.4 is 5.32 Å². The Labute approximate surface area is 116 Å². The molecule has 0 aliphatic carbocycles. The topological polar surface area (TPSA) is 49.3 Å². The number of hydrogen-bond donors (Lipinski definition) is 2. The molecule has 98 valence electrons. The Morgan fingerprint density at radius 2 is 2.00 bits per heavy atom. The summed E-state index contributed by atoms with van der Waals surface area (Å²) in [5.74, 6) is -0.283. The Kier molecular flexibility index (Phi) is 4.07. The minimum atomic E-state index is -0.302. The highest BCUT2D eigenvalue weighted by atomic mass is 35.5. The van der Waals surface area contributed by atoms with Crippen molar-refractivity contribution in [2.24, 2.45) is 0 Å². The quantitative estimate of drug-likeness (QED) is 0.903. The predicted molar refractivity (Wildman–Crippen MR) is 75.5 cm³/mol. The highest BCUT2D eigenvalue weighted by Crippen LogP contribution is 2.21. The van der Waals surface area contributed by atoms with E-state index in [0.29, 0.717) is 11.6 Å². The van der Waals surface area contributed by atoms with Gasteiger partial charge in [-0.15, -0.1) is 0 Å². The number of phenols is 1. The Morgan fingerprint density at radius 1 is 1.26 bits per heavy atom. The minimum Gasteiger partial charge on any atom is -0.508 e. The number of halogens is 1. The number of amides is 1. The van der Waals surface area contributed by atoms with Crippen molar-refractivity contribution in [3.63, 3.8) is 0 Å². The zero-order valence-electron chi connectivity index (χ0n) is 10.5. The average Bonchev–Trinajstić information content (AvgIpc) is 2.40. The highest BCUT2D eigenvalue weighted by molar-refractivity contribution is 6.33. The van der Waals surface area contributed by atoms with E-state index in [2.05, 4.69) is 5.32 Å². The van der Waals surface area contributed by atoms with E-state index in [1.165, 1.54) is 18.2 Å². The number of aromatic hydroxyl groups is 1. The lowest BCUT2D eigenvalue weighted by Crippen LogP contribution is -2.23. The molecule has 0 aromatic heterocycles. The van der Waals surface area contributed by atoms with Crippen LogP contribution in [0.1, 0.15) is 21.5 Å². The van der Waals surface area contributed by atoms with Crippen LogP contribution in [0.2, 0.25) is 5.02 Å². The largest absolute Gasteiger partial charge is 0.508 e. The van der Waals surface area contributed by atoms with E-state index in [9.17, 15) is 9.90 Å². The molecule has 0 spiro atoms. The van der Waals surface area contributed by atoms with Gasteiger partial charge < -0.3 is 10.4 Å². The number of carbonyl (C=O) groups is 1. The van der Waals surface area contributed by atoms with Crippen LogP contribution in [0.4, 0.5) is 0 Å². The van der Waals surface area contributed by atoms with Crippen molar-refractivity contribution in [1.82, 2.24) is 5.32 Å². The van der Waals surface area contributed by atoms with Crippen molar-refractivity contribution in [3.05, 3.63) is 64.2 Å². The van der Waals surface area contributed by atoms with E-state index in [4.69, 9.17) is 11.6 Å². The van der Waals surface area contributed by atoms with E-state index in [1.54, 1.807) is 0 Å². The summed E-state index contributed by atoms with van der Waals surface area (Å²) >= 11 is 5.93. The van der Waals surface area contributed by atoms with Crippen LogP contribution in [0.25, 0.3) is 0 Å². The summed E-state index contributed by atoms with van der Waals surface area (Å²) in [7, 11) is 0.